The van der Waals surface area contributed by atoms with E-state index in [4.69, 9.17) is 10.5 Å². The zero-order valence-corrected chi connectivity index (χ0v) is 20.9. The van der Waals surface area contributed by atoms with Crippen LogP contribution in [-0.2, 0) is 17.8 Å². The average Bonchev–Trinajstić information content (AvgIpc) is 3.36. The van der Waals surface area contributed by atoms with Crippen molar-refractivity contribution in [2.24, 2.45) is 10.7 Å². The topological polar surface area (TPSA) is 96.9 Å². The van der Waals surface area contributed by atoms with Crippen molar-refractivity contribution >= 4 is 28.8 Å². The highest BCUT2D eigenvalue weighted by molar-refractivity contribution is 7.12. The van der Waals surface area contributed by atoms with E-state index in [2.05, 4.69) is 10.3 Å². The second-order valence-corrected chi connectivity index (χ2v) is 10.1. The van der Waals surface area contributed by atoms with Crippen LogP contribution in [0.15, 0.2) is 46.8 Å². The molecule has 4 N–H and O–H groups in total. The maximum absolute atomic E-state index is 12.8. The number of aliphatic imine (C=N–C) groups is 1. The van der Waals surface area contributed by atoms with Crippen molar-refractivity contribution in [3.8, 4) is 11.5 Å². The summed E-state index contributed by atoms with van der Waals surface area (Å²) >= 11 is 1.55. The molecule has 1 aromatic heterocycles. The molecule has 3 aromatic rings. The lowest BCUT2D eigenvalue weighted by molar-refractivity contribution is -0.125. The Labute approximate surface area is 204 Å². The van der Waals surface area contributed by atoms with Crippen LogP contribution >= 0.6 is 11.3 Å². The van der Waals surface area contributed by atoms with Gasteiger partial charge in [-0.15, -0.1) is 11.3 Å². The van der Waals surface area contributed by atoms with Gasteiger partial charge in [-0.3, -0.25) is 4.79 Å². The van der Waals surface area contributed by atoms with E-state index in [1.165, 1.54) is 0 Å². The summed E-state index contributed by atoms with van der Waals surface area (Å²) in [4.78, 5) is 18.1. The fourth-order valence-electron chi connectivity index (χ4n) is 4.33. The van der Waals surface area contributed by atoms with Crippen LogP contribution in [0.3, 0.4) is 0 Å². The van der Waals surface area contributed by atoms with Crippen LogP contribution in [0.2, 0.25) is 0 Å². The van der Waals surface area contributed by atoms with Gasteiger partial charge in [0.15, 0.2) is 0 Å². The number of benzene rings is 2. The number of nitrogens with one attached hydrogen (secondary N) is 1. The maximum Gasteiger partial charge on any atom is 0.224 e. The molecule has 0 saturated heterocycles. The molecule has 1 aliphatic rings. The Hall–Kier alpha value is -3.32. The summed E-state index contributed by atoms with van der Waals surface area (Å²) in [6.07, 6.45) is 1.76. The van der Waals surface area contributed by atoms with E-state index in [9.17, 15) is 9.90 Å². The Bertz CT molecular complexity index is 1230. The molecule has 34 heavy (non-hydrogen) atoms. The predicted molar refractivity (Wildman–Crippen MR) is 137 cm³/mol. The molecule has 1 aliphatic heterocycles. The summed E-state index contributed by atoms with van der Waals surface area (Å²) in [5.74, 6) is 1.59. The number of thiophene rings is 1. The molecule has 1 amide bonds. The first kappa shape index (κ1) is 23.8. The Morgan fingerprint density at radius 3 is 2.59 bits per heavy atom. The van der Waals surface area contributed by atoms with Crippen LogP contribution < -0.4 is 15.8 Å². The second kappa shape index (κ2) is 9.50. The smallest absolute Gasteiger partial charge is 0.224 e. The number of hydrogen-bond donors (Lipinski definition) is 3. The van der Waals surface area contributed by atoms with Crippen LogP contribution in [0.5, 0.6) is 11.5 Å². The monoisotopic (exact) mass is 477 g/mol. The van der Waals surface area contributed by atoms with Gasteiger partial charge >= 0.3 is 0 Å². The molecule has 0 bridgehead atoms. The number of rotatable bonds is 6. The van der Waals surface area contributed by atoms with Gasteiger partial charge in [0.2, 0.25) is 5.91 Å². The minimum atomic E-state index is -0.588. The van der Waals surface area contributed by atoms with Crippen molar-refractivity contribution in [3.05, 3.63) is 74.5 Å². The van der Waals surface area contributed by atoms with Gasteiger partial charge in [-0.05, 0) is 86.4 Å². The molecule has 2 heterocycles. The van der Waals surface area contributed by atoms with Crippen LogP contribution in [0, 0.1) is 20.8 Å². The summed E-state index contributed by atoms with van der Waals surface area (Å²) in [6, 6.07) is 11.6. The molecule has 0 radical (unpaired) electrons. The minimum Gasteiger partial charge on any atom is -0.507 e. The molecule has 0 spiro atoms. The molecule has 4 rings (SSSR count). The van der Waals surface area contributed by atoms with Gasteiger partial charge in [-0.2, -0.15) is 0 Å². The number of amides is 1. The largest absolute Gasteiger partial charge is 0.507 e. The third kappa shape index (κ3) is 4.94. The van der Waals surface area contributed by atoms with E-state index in [1.807, 2.05) is 69.5 Å². The van der Waals surface area contributed by atoms with Crippen molar-refractivity contribution in [2.75, 3.05) is 0 Å². The molecule has 0 saturated carbocycles. The number of amidine groups is 1. The summed E-state index contributed by atoms with van der Waals surface area (Å²) in [7, 11) is 0. The van der Waals surface area contributed by atoms with E-state index in [1.54, 1.807) is 11.3 Å². The third-order valence-corrected chi connectivity index (χ3v) is 7.47. The molecule has 6 nitrogen and oxygen atoms in total. The summed E-state index contributed by atoms with van der Waals surface area (Å²) in [5.41, 5.74) is 10.9. The number of phenolic OH excluding ortho intramolecular Hbond substituents is 1. The lowest BCUT2D eigenvalue weighted by atomic mass is 9.85. The Balaban J connectivity index is 1.36. The molecule has 1 atom stereocenters. The average molecular weight is 478 g/mol. The van der Waals surface area contributed by atoms with Crippen molar-refractivity contribution in [2.45, 2.75) is 59.1 Å². The highest BCUT2D eigenvalue weighted by atomic mass is 32.1. The van der Waals surface area contributed by atoms with Gasteiger partial charge in [-0.25, -0.2) is 4.99 Å². The maximum atomic E-state index is 12.8. The van der Waals surface area contributed by atoms with E-state index in [-0.39, 0.29) is 12.3 Å². The number of phenols is 1. The van der Waals surface area contributed by atoms with E-state index >= 15 is 0 Å². The first-order valence-corrected chi connectivity index (χ1v) is 12.3. The predicted octanol–water partition coefficient (Wildman–Crippen LogP) is 5.21. The molecular formula is C27H31N3O3S. The Morgan fingerprint density at radius 2 is 1.91 bits per heavy atom. The fraction of sp³-hybridized carbons (Fsp3) is 0.333. The molecule has 0 fully saturated rings. The van der Waals surface area contributed by atoms with Crippen LogP contribution in [0.4, 0.5) is 5.69 Å². The van der Waals surface area contributed by atoms with E-state index in [0.717, 1.165) is 50.6 Å². The van der Waals surface area contributed by atoms with Gasteiger partial charge < -0.3 is 20.9 Å². The molecule has 2 aromatic carbocycles. The van der Waals surface area contributed by atoms with Crippen molar-refractivity contribution in [1.82, 2.24) is 5.32 Å². The van der Waals surface area contributed by atoms with Crippen molar-refractivity contribution < 1.29 is 14.6 Å². The zero-order chi connectivity index (χ0) is 24.5. The number of hydrogen-bond acceptors (Lipinski definition) is 5. The summed E-state index contributed by atoms with van der Waals surface area (Å²) in [6.45, 7) is 8.19. The molecule has 7 heteroatoms. The first-order valence-electron chi connectivity index (χ1n) is 11.4. The summed E-state index contributed by atoms with van der Waals surface area (Å²) in [5, 5.41) is 15.3. The van der Waals surface area contributed by atoms with Crippen LogP contribution in [0.1, 0.15) is 52.5 Å². The number of nitrogens with zero attached hydrogens (tertiary/aromatic N) is 1. The number of carbonyl (C=O) groups is 1. The standard InChI is InChI=1S/C27H31N3O3S/c1-16-17(2)25-21(18(3)24(16)32)11-12-27(4,33-25)14-23(31)29-15-19-7-9-20(10-8-19)30-26(28)22-6-5-13-34-22/h5-10,13,32H,11-12,14-15H2,1-4H3,(H2,28,30)(H,29,31). The highest BCUT2D eigenvalue weighted by Gasteiger charge is 2.36. The molecule has 0 aliphatic carbocycles. The normalized spacial score (nSPS) is 17.7. The van der Waals surface area contributed by atoms with E-state index < -0.39 is 5.60 Å². The lowest BCUT2D eigenvalue weighted by Crippen LogP contribution is -2.42. The quantitative estimate of drug-likeness (QED) is 0.335. The first-order chi connectivity index (χ1) is 16.2. The van der Waals surface area contributed by atoms with Crippen LogP contribution in [0.25, 0.3) is 0 Å². The van der Waals surface area contributed by atoms with E-state index in [0.29, 0.717) is 24.6 Å². The number of fused-ring (bicyclic) bond motifs is 1. The Kier molecular flexibility index (Phi) is 6.66. The van der Waals surface area contributed by atoms with Gasteiger partial charge in [-0.1, -0.05) is 18.2 Å². The van der Waals surface area contributed by atoms with Gasteiger partial charge in [0.05, 0.1) is 17.0 Å². The lowest BCUT2D eigenvalue weighted by Gasteiger charge is -2.37. The summed E-state index contributed by atoms with van der Waals surface area (Å²) < 4.78 is 6.38. The van der Waals surface area contributed by atoms with Crippen molar-refractivity contribution in [3.63, 3.8) is 0 Å². The number of aromatic hydroxyl groups is 1. The molecular weight excluding hydrogens is 446 g/mol. The molecule has 178 valence electrons. The van der Waals surface area contributed by atoms with Crippen LogP contribution in [-0.4, -0.2) is 22.5 Å². The van der Waals surface area contributed by atoms with Gasteiger partial charge in [0.25, 0.3) is 0 Å². The van der Waals surface area contributed by atoms with Gasteiger partial charge in [0, 0.05) is 12.1 Å². The minimum absolute atomic E-state index is 0.0557. The third-order valence-electron chi connectivity index (χ3n) is 6.58. The number of nitrogens with two attached hydrogens (primary N) is 1. The fourth-order valence-corrected chi connectivity index (χ4v) is 4.96. The van der Waals surface area contributed by atoms with Crippen molar-refractivity contribution in [1.29, 1.82) is 0 Å². The number of carbonyl (C=O) groups excluding carboxylic acids is 1. The SMILES string of the molecule is Cc1c(C)c2c(c(C)c1O)CCC(C)(CC(=O)NCc1ccc(N=C(N)c3cccs3)cc1)O2. The Morgan fingerprint density at radius 1 is 1.18 bits per heavy atom. The van der Waals surface area contributed by atoms with Gasteiger partial charge in [0.1, 0.15) is 22.9 Å². The number of ether oxygens (including phenoxy) is 1. The second-order valence-electron chi connectivity index (χ2n) is 9.18. The molecule has 1 unspecified atom stereocenters. The zero-order valence-electron chi connectivity index (χ0n) is 20.1. The highest BCUT2D eigenvalue weighted by Crippen LogP contribution is 2.44.